The maximum Gasteiger partial charge on any atom is 0.0998 e. The topological polar surface area (TPSA) is 56.7 Å². The Balaban J connectivity index is 2.20. The SMILES string of the molecule is CCCC(N)c1cn(-c2ccc(I)cc2)nn1. The summed E-state index contributed by atoms with van der Waals surface area (Å²) in [4.78, 5) is 0. The average Bonchev–Trinajstić information content (AvgIpc) is 2.80. The molecule has 2 N–H and O–H groups in total. The Morgan fingerprint density at radius 2 is 2.06 bits per heavy atom. The number of hydrogen-bond donors (Lipinski definition) is 1. The van der Waals surface area contributed by atoms with Crippen LogP contribution in [0.2, 0.25) is 0 Å². The van der Waals surface area contributed by atoms with E-state index in [-0.39, 0.29) is 6.04 Å². The number of rotatable bonds is 4. The fourth-order valence-corrected chi connectivity index (χ4v) is 1.99. The first kappa shape index (κ1) is 12.5. The summed E-state index contributed by atoms with van der Waals surface area (Å²) in [5.74, 6) is 0. The Bertz CT molecular complexity index is 478. The van der Waals surface area contributed by atoms with Gasteiger partial charge in [0.15, 0.2) is 0 Å². The molecule has 0 aliphatic carbocycles. The summed E-state index contributed by atoms with van der Waals surface area (Å²) in [5, 5.41) is 8.22. The minimum absolute atomic E-state index is 0.0161. The molecule has 1 atom stereocenters. The van der Waals surface area contributed by atoms with E-state index in [1.807, 2.05) is 30.5 Å². The molecule has 0 bridgehead atoms. The van der Waals surface area contributed by atoms with Crippen LogP contribution >= 0.6 is 22.6 Å². The van der Waals surface area contributed by atoms with Gasteiger partial charge in [-0.3, -0.25) is 0 Å². The monoisotopic (exact) mass is 342 g/mol. The van der Waals surface area contributed by atoms with E-state index in [2.05, 4.69) is 39.8 Å². The third-order valence-corrected chi connectivity index (χ3v) is 3.30. The smallest absolute Gasteiger partial charge is 0.0998 e. The molecule has 0 saturated carbocycles. The lowest BCUT2D eigenvalue weighted by atomic mass is 10.1. The molecule has 90 valence electrons. The van der Waals surface area contributed by atoms with Crippen molar-refractivity contribution >= 4 is 22.6 Å². The molecule has 17 heavy (non-hydrogen) atoms. The van der Waals surface area contributed by atoms with Crippen LogP contribution < -0.4 is 5.73 Å². The molecule has 2 aromatic rings. The maximum atomic E-state index is 6.00. The van der Waals surface area contributed by atoms with Gasteiger partial charge in [0, 0.05) is 3.57 Å². The van der Waals surface area contributed by atoms with Crippen molar-refractivity contribution in [1.82, 2.24) is 15.0 Å². The highest BCUT2D eigenvalue weighted by atomic mass is 127. The van der Waals surface area contributed by atoms with Crippen LogP contribution in [0.3, 0.4) is 0 Å². The summed E-state index contributed by atoms with van der Waals surface area (Å²) in [6, 6.07) is 8.11. The van der Waals surface area contributed by atoms with Gasteiger partial charge in [-0.05, 0) is 53.3 Å². The normalized spacial score (nSPS) is 12.6. The number of nitrogens with two attached hydrogens (primary N) is 1. The second-order valence-corrected chi connectivity index (χ2v) is 5.21. The van der Waals surface area contributed by atoms with Crippen LogP contribution in [0.5, 0.6) is 0 Å². The van der Waals surface area contributed by atoms with E-state index in [4.69, 9.17) is 5.73 Å². The number of halogens is 1. The van der Waals surface area contributed by atoms with Crippen LogP contribution in [0.1, 0.15) is 31.5 Å². The van der Waals surface area contributed by atoms with Gasteiger partial charge in [-0.2, -0.15) is 0 Å². The first-order chi connectivity index (χ1) is 8.20. The molecule has 0 fully saturated rings. The highest BCUT2D eigenvalue weighted by Crippen LogP contribution is 2.15. The summed E-state index contributed by atoms with van der Waals surface area (Å²) < 4.78 is 2.97. The van der Waals surface area contributed by atoms with Crippen molar-refractivity contribution in [1.29, 1.82) is 0 Å². The van der Waals surface area contributed by atoms with Crippen LogP contribution in [-0.4, -0.2) is 15.0 Å². The Hall–Kier alpha value is -0.950. The molecule has 0 spiro atoms. The second kappa shape index (κ2) is 5.59. The van der Waals surface area contributed by atoms with Crippen LogP contribution in [0.4, 0.5) is 0 Å². The van der Waals surface area contributed by atoms with E-state index >= 15 is 0 Å². The standard InChI is InChI=1S/C12H15IN4/c1-2-3-11(14)12-8-17(16-15-12)10-6-4-9(13)5-7-10/h4-8,11H,2-3,14H2,1H3. The van der Waals surface area contributed by atoms with E-state index in [0.717, 1.165) is 24.2 Å². The maximum absolute atomic E-state index is 6.00. The van der Waals surface area contributed by atoms with Gasteiger partial charge in [0.2, 0.25) is 0 Å². The zero-order valence-corrected chi connectivity index (χ0v) is 11.8. The van der Waals surface area contributed by atoms with E-state index in [0.29, 0.717) is 0 Å². The first-order valence-corrected chi connectivity index (χ1v) is 6.72. The lowest BCUT2D eigenvalue weighted by molar-refractivity contribution is 0.619. The second-order valence-electron chi connectivity index (χ2n) is 3.96. The van der Waals surface area contributed by atoms with E-state index in [9.17, 15) is 0 Å². The molecule has 2 rings (SSSR count). The molecule has 5 heteroatoms. The molecule has 1 heterocycles. The largest absolute Gasteiger partial charge is 0.323 e. The zero-order valence-electron chi connectivity index (χ0n) is 9.68. The molecular formula is C12H15IN4. The van der Waals surface area contributed by atoms with E-state index < -0.39 is 0 Å². The Kier molecular flexibility index (Phi) is 4.11. The molecule has 0 aliphatic heterocycles. The molecular weight excluding hydrogens is 327 g/mol. The third kappa shape index (κ3) is 3.04. The van der Waals surface area contributed by atoms with Crippen molar-refractivity contribution < 1.29 is 0 Å². The molecule has 1 aromatic carbocycles. The predicted octanol–water partition coefficient (Wildman–Crippen LogP) is 2.67. The van der Waals surface area contributed by atoms with Crippen molar-refractivity contribution in [3.05, 3.63) is 39.7 Å². The first-order valence-electron chi connectivity index (χ1n) is 5.64. The van der Waals surface area contributed by atoms with Crippen LogP contribution in [0.15, 0.2) is 30.5 Å². The number of hydrogen-bond acceptors (Lipinski definition) is 3. The third-order valence-electron chi connectivity index (χ3n) is 2.58. The molecule has 0 amide bonds. The lowest BCUT2D eigenvalue weighted by Gasteiger charge is -2.04. The van der Waals surface area contributed by atoms with Gasteiger partial charge in [-0.15, -0.1) is 5.10 Å². The Morgan fingerprint density at radius 3 is 2.71 bits per heavy atom. The van der Waals surface area contributed by atoms with E-state index in [1.165, 1.54) is 3.57 Å². The summed E-state index contributed by atoms with van der Waals surface area (Å²) in [5.41, 5.74) is 7.86. The quantitative estimate of drug-likeness (QED) is 0.870. The predicted molar refractivity (Wildman–Crippen MR) is 75.9 cm³/mol. The molecule has 1 unspecified atom stereocenters. The molecule has 0 aliphatic rings. The van der Waals surface area contributed by atoms with Crippen molar-refractivity contribution in [2.45, 2.75) is 25.8 Å². The molecule has 4 nitrogen and oxygen atoms in total. The number of nitrogens with zero attached hydrogens (tertiary/aromatic N) is 3. The van der Waals surface area contributed by atoms with Crippen LogP contribution in [0.25, 0.3) is 5.69 Å². The molecule has 0 saturated heterocycles. The summed E-state index contributed by atoms with van der Waals surface area (Å²) in [7, 11) is 0. The van der Waals surface area contributed by atoms with Gasteiger partial charge < -0.3 is 5.73 Å². The van der Waals surface area contributed by atoms with Crippen molar-refractivity contribution in [2.24, 2.45) is 5.73 Å². The van der Waals surface area contributed by atoms with Gasteiger partial charge in [0.05, 0.1) is 23.6 Å². The summed E-state index contributed by atoms with van der Waals surface area (Å²) >= 11 is 2.28. The van der Waals surface area contributed by atoms with Gasteiger partial charge in [0.25, 0.3) is 0 Å². The van der Waals surface area contributed by atoms with Gasteiger partial charge in [-0.25, -0.2) is 4.68 Å². The fourth-order valence-electron chi connectivity index (χ4n) is 1.63. The van der Waals surface area contributed by atoms with Crippen molar-refractivity contribution in [2.75, 3.05) is 0 Å². The highest BCUT2D eigenvalue weighted by molar-refractivity contribution is 14.1. The summed E-state index contributed by atoms with van der Waals surface area (Å²) in [6.45, 7) is 2.11. The zero-order chi connectivity index (χ0) is 12.3. The Morgan fingerprint density at radius 1 is 1.35 bits per heavy atom. The van der Waals surface area contributed by atoms with Crippen molar-refractivity contribution in [3.8, 4) is 5.69 Å². The van der Waals surface area contributed by atoms with Crippen LogP contribution in [-0.2, 0) is 0 Å². The van der Waals surface area contributed by atoms with Gasteiger partial charge >= 0.3 is 0 Å². The highest BCUT2D eigenvalue weighted by Gasteiger charge is 2.10. The number of aromatic nitrogens is 3. The fraction of sp³-hybridized carbons (Fsp3) is 0.333. The number of benzene rings is 1. The van der Waals surface area contributed by atoms with E-state index in [1.54, 1.807) is 4.68 Å². The van der Waals surface area contributed by atoms with Gasteiger partial charge in [-0.1, -0.05) is 18.6 Å². The molecule has 1 aromatic heterocycles. The van der Waals surface area contributed by atoms with Crippen LogP contribution in [0, 0.1) is 3.57 Å². The average molecular weight is 342 g/mol. The molecule has 0 radical (unpaired) electrons. The van der Waals surface area contributed by atoms with Gasteiger partial charge in [0.1, 0.15) is 0 Å². The lowest BCUT2D eigenvalue weighted by Crippen LogP contribution is -2.09. The summed E-state index contributed by atoms with van der Waals surface area (Å²) in [6.07, 6.45) is 3.89. The minimum atomic E-state index is -0.0161. The van der Waals surface area contributed by atoms with Crippen molar-refractivity contribution in [3.63, 3.8) is 0 Å². The Labute approximate surface area is 114 Å². The minimum Gasteiger partial charge on any atom is -0.323 e.